The van der Waals surface area contributed by atoms with Crippen molar-refractivity contribution in [2.75, 3.05) is 5.73 Å². The van der Waals surface area contributed by atoms with Crippen molar-refractivity contribution < 1.29 is 9.66 Å². The van der Waals surface area contributed by atoms with Gasteiger partial charge < -0.3 is 10.5 Å². The molecule has 0 radical (unpaired) electrons. The number of hydrogen-bond donors (Lipinski definition) is 1. The van der Waals surface area contributed by atoms with E-state index in [-0.39, 0.29) is 33.2 Å². The van der Waals surface area contributed by atoms with Crippen molar-refractivity contribution in [1.29, 1.82) is 0 Å². The van der Waals surface area contributed by atoms with Crippen LogP contribution in [0.5, 0.6) is 11.6 Å². The Kier molecular flexibility index (Phi) is 4.44. The molecule has 0 amide bonds. The molecule has 0 spiro atoms. The van der Waals surface area contributed by atoms with E-state index in [1.165, 1.54) is 6.33 Å². The predicted molar refractivity (Wildman–Crippen MR) is 79.0 cm³/mol. The molecule has 7 nitrogen and oxygen atoms in total. The third kappa shape index (κ3) is 3.14. The Morgan fingerprint density at radius 2 is 1.95 bits per heavy atom. The second-order valence-corrected chi connectivity index (χ2v) is 4.81. The summed E-state index contributed by atoms with van der Waals surface area (Å²) in [6.45, 7) is 1.86. The Morgan fingerprint density at radius 1 is 1.33 bits per heavy atom. The van der Waals surface area contributed by atoms with Crippen LogP contribution in [0.3, 0.4) is 0 Å². The van der Waals surface area contributed by atoms with Crippen molar-refractivity contribution in [1.82, 2.24) is 9.97 Å². The molecule has 2 N–H and O–H groups in total. The molecule has 0 aliphatic carbocycles. The van der Waals surface area contributed by atoms with Gasteiger partial charge >= 0.3 is 0 Å². The average molecular weight is 329 g/mol. The highest BCUT2D eigenvalue weighted by atomic mass is 35.5. The smallest absolute Gasteiger partial charge is 0.272 e. The molecule has 1 heterocycles. The van der Waals surface area contributed by atoms with Crippen LogP contribution in [0.15, 0.2) is 18.5 Å². The summed E-state index contributed by atoms with van der Waals surface area (Å²) in [6.07, 6.45) is 1.79. The SMILES string of the molecule is CCc1c(N)ncnc1Oc1c(Cl)cc([N+](=O)[O-])cc1Cl. The average Bonchev–Trinajstić information content (AvgIpc) is 2.42. The lowest BCUT2D eigenvalue weighted by Gasteiger charge is -2.12. The van der Waals surface area contributed by atoms with Crippen LogP contribution in [-0.4, -0.2) is 14.9 Å². The Balaban J connectivity index is 2.45. The second-order valence-electron chi connectivity index (χ2n) is 3.99. The molecule has 0 bridgehead atoms. The van der Waals surface area contributed by atoms with E-state index in [4.69, 9.17) is 33.7 Å². The van der Waals surface area contributed by atoms with Gasteiger partial charge in [0.25, 0.3) is 5.69 Å². The zero-order valence-electron chi connectivity index (χ0n) is 10.8. The van der Waals surface area contributed by atoms with E-state index < -0.39 is 4.92 Å². The molecule has 2 rings (SSSR count). The van der Waals surface area contributed by atoms with Crippen LogP contribution in [0.1, 0.15) is 12.5 Å². The number of hydrogen-bond acceptors (Lipinski definition) is 6. The first-order valence-corrected chi connectivity index (χ1v) is 6.60. The molecule has 0 aliphatic rings. The van der Waals surface area contributed by atoms with Crippen molar-refractivity contribution in [2.24, 2.45) is 0 Å². The number of aromatic nitrogens is 2. The third-order valence-corrected chi connectivity index (χ3v) is 3.25. The van der Waals surface area contributed by atoms with Crippen LogP contribution in [0.4, 0.5) is 11.5 Å². The fraction of sp³-hybridized carbons (Fsp3) is 0.167. The summed E-state index contributed by atoms with van der Waals surface area (Å²) in [6, 6.07) is 2.30. The largest absolute Gasteiger partial charge is 0.435 e. The maximum Gasteiger partial charge on any atom is 0.272 e. The number of ether oxygens (including phenoxy) is 1. The number of benzene rings is 1. The molecular weight excluding hydrogens is 319 g/mol. The lowest BCUT2D eigenvalue weighted by Crippen LogP contribution is -2.02. The van der Waals surface area contributed by atoms with Gasteiger partial charge in [0.2, 0.25) is 5.88 Å². The second kappa shape index (κ2) is 6.11. The first-order chi connectivity index (χ1) is 9.93. The van der Waals surface area contributed by atoms with Crippen molar-refractivity contribution in [3.8, 4) is 11.6 Å². The van der Waals surface area contributed by atoms with Crippen LogP contribution in [0.2, 0.25) is 10.0 Å². The Hall–Kier alpha value is -2.12. The number of nitro benzene ring substituents is 1. The maximum atomic E-state index is 10.7. The first kappa shape index (κ1) is 15.3. The van der Waals surface area contributed by atoms with E-state index in [1.807, 2.05) is 6.92 Å². The number of anilines is 1. The Morgan fingerprint density at radius 3 is 2.48 bits per heavy atom. The van der Waals surface area contributed by atoms with Crippen LogP contribution < -0.4 is 10.5 Å². The number of nitrogens with zero attached hydrogens (tertiary/aromatic N) is 3. The van der Waals surface area contributed by atoms with E-state index in [0.29, 0.717) is 12.0 Å². The van der Waals surface area contributed by atoms with Gasteiger partial charge in [0.05, 0.1) is 20.5 Å². The summed E-state index contributed by atoms with van der Waals surface area (Å²) in [5.74, 6) is 0.580. The minimum Gasteiger partial charge on any atom is -0.435 e. The van der Waals surface area contributed by atoms with Crippen LogP contribution in [0.25, 0.3) is 0 Å². The third-order valence-electron chi connectivity index (χ3n) is 2.69. The summed E-state index contributed by atoms with van der Waals surface area (Å²) >= 11 is 12.0. The molecule has 9 heteroatoms. The van der Waals surface area contributed by atoms with E-state index in [0.717, 1.165) is 12.1 Å². The predicted octanol–water partition coefficient (Wildman–Crippen LogP) is 3.63. The topological polar surface area (TPSA) is 104 Å². The van der Waals surface area contributed by atoms with Gasteiger partial charge in [-0.05, 0) is 6.42 Å². The molecule has 110 valence electrons. The highest BCUT2D eigenvalue weighted by molar-refractivity contribution is 6.37. The van der Waals surface area contributed by atoms with Crippen molar-refractivity contribution in [3.05, 3.63) is 44.2 Å². The van der Waals surface area contributed by atoms with Crippen molar-refractivity contribution in [2.45, 2.75) is 13.3 Å². The molecule has 2 aromatic rings. The van der Waals surface area contributed by atoms with Crippen LogP contribution in [0, 0.1) is 10.1 Å². The number of nitrogen functional groups attached to an aromatic ring is 1. The molecule has 0 aliphatic heterocycles. The van der Waals surface area contributed by atoms with Gasteiger partial charge in [-0.25, -0.2) is 9.97 Å². The Bertz CT molecular complexity index is 686. The normalized spacial score (nSPS) is 10.4. The Labute approximate surface area is 129 Å². The molecule has 0 atom stereocenters. The summed E-state index contributed by atoms with van der Waals surface area (Å²) in [5, 5.41) is 10.7. The van der Waals surface area contributed by atoms with E-state index in [9.17, 15) is 10.1 Å². The van der Waals surface area contributed by atoms with Gasteiger partial charge in [-0.2, -0.15) is 0 Å². The summed E-state index contributed by atoms with van der Waals surface area (Å²) < 4.78 is 5.56. The molecule has 1 aromatic heterocycles. The maximum absolute atomic E-state index is 10.7. The molecule has 0 saturated heterocycles. The summed E-state index contributed by atoms with van der Waals surface area (Å²) in [4.78, 5) is 18.0. The quantitative estimate of drug-likeness (QED) is 0.678. The standard InChI is InChI=1S/C12H10Cl2N4O3/c1-2-7-11(15)16-5-17-12(7)21-10-8(13)3-6(18(19)20)4-9(10)14/h3-5H,2H2,1H3,(H2,15,16,17). The first-order valence-electron chi connectivity index (χ1n) is 5.84. The number of halogens is 2. The van der Waals surface area contributed by atoms with E-state index in [2.05, 4.69) is 9.97 Å². The summed E-state index contributed by atoms with van der Waals surface area (Å²) in [7, 11) is 0. The van der Waals surface area contributed by atoms with E-state index in [1.54, 1.807) is 0 Å². The van der Waals surface area contributed by atoms with Gasteiger partial charge in [0, 0.05) is 12.1 Å². The number of nitro groups is 1. The van der Waals surface area contributed by atoms with Crippen molar-refractivity contribution >= 4 is 34.7 Å². The zero-order chi connectivity index (χ0) is 15.6. The molecule has 1 aromatic carbocycles. The van der Waals surface area contributed by atoms with Gasteiger partial charge in [-0.15, -0.1) is 0 Å². The minimum absolute atomic E-state index is 0.00781. The minimum atomic E-state index is -0.596. The molecular formula is C12H10Cl2N4O3. The van der Waals surface area contributed by atoms with E-state index >= 15 is 0 Å². The lowest BCUT2D eigenvalue weighted by molar-refractivity contribution is -0.384. The van der Waals surface area contributed by atoms with Crippen molar-refractivity contribution in [3.63, 3.8) is 0 Å². The van der Waals surface area contributed by atoms with Gasteiger partial charge in [0.1, 0.15) is 12.1 Å². The fourth-order valence-electron chi connectivity index (χ4n) is 1.68. The molecule has 0 fully saturated rings. The van der Waals surface area contributed by atoms with Crippen LogP contribution in [-0.2, 0) is 6.42 Å². The number of nitrogens with two attached hydrogens (primary N) is 1. The monoisotopic (exact) mass is 328 g/mol. The van der Waals surface area contributed by atoms with Gasteiger partial charge in [-0.1, -0.05) is 30.1 Å². The van der Waals surface area contributed by atoms with Gasteiger partial charge in [0.15, 0.2) is 5.75 Å². The lowest BCUT2D eigenvalue weighted by atomic mass is 10.2. The number of non-ortho nitro benzene ring substituents is 1. The molecule has 0 unspecified atom stereocenters. The van der Waals surface area contributed by atoms with Gasteiger partial charge in [-0.3, -0.25) is 10.1 Å². The van der Waals surface area contributed by atoms with Crippen LogP contribution >= 0.6 is 23.2 Å². The zero-order valence-corrected chi connectivity index (χ0v) is 12.4. The molecule has 0 saturated carbocycles. The number of rotatable bonds is 4. The highest BCUT2D eigenvalue weighted by Crippen LogP contribution is 2.40. The highest BCUT2D eigenvalue weighted by Gasteiger charge is 2.18. The molecule has 21 heavy (non-hydrogen) atoms. The summed E-state index contributed by atoms with van der Waals surface area (Å²) in [5.41, 5.74) is 6.11. The fourth-order valence-corrected chi connectivity index (χ4v) is 2.23.